The molecule has 0 atom stereocenters. The summed E-state index contributed by atoms with van der Waals surface area (Å²) >= 11 is 3.39. The molecule has 16 heteroatoms. The molecule has 3 aliphatic heterocycles. The van der Waals surface area contributed by atoms with Crippen LogP contribution in [-0.4, -0.2) is 90.7 Å². The Morgan fingerprint density at radius 2 is 1.05 bits per heavy atom. The summed E-state index contributed by atoms with van der Waals surface area (Å²) in [6.45, 7) is 21.2. The van der Waals surface area contributed by atoms with Crippen molar-refractivity contribution in [2.24, 2.45) is 0 Å². The average Bonchev–Trinajstić information content (AvgIpc) is 3.46. The summed E-state index contributed by atoms with van der Waals surface area (Å²) in [6.07, 6.45) is 1.52. The molecule has 0 saturated carbocycles. The number of aromatic nitrogens is 2. The van der Waals surface area contributed by atoms with Crippen LogP contribution in [0.25, 0.3) is 0 Å². The Hall–Kier alpha value is -5.32. The molecule has 0 spiro atoms. The maximum atomic E-state index is 13.3. The number of halogens is 1. The molecular formula is C48H58BBrN4O10. The Balaban J connectivity index is 0.000000219. The summed E-state index contributed by atoms with van der Waals surface area (Å²) in [5.74, 6) is -0.462. The second kappa shape index (κ2) is 18.7. The van der Waals surface area contributed by atoms with Crippen molar-refractivity contribution in [1.29, 1.82) is 0 Å². The van der Waals surface area contributed by atoms with Crippen molar-refractivity contribution in [2.45, 2.75) is 118 Å². The first-order valence-electron chi connectivity index (χ1n) is 21.3. The van der Waals surface area contributed by atoms with Crippen LogP contribution in [0.2, 0.25) is 0 Å². The van der Waals surface area contributed by atoms with E-state index in [4.69, 9.17) is 33.2 Å². The number of carbonyl (C=O) groups excluding carboxylic acids is 4. The molecule has 2 aromatic carbocycles. The van der Waals surface area contributed by atoms with Crippen molar-refractivity contribution in [3.63, 3.8) is 0 Å². The fraction of sp³-hybridized carbons (Fsp3) is 0.458. The summed E-state index contributed by atoms with van der Waals surface area (Å²) in [5.41, 5.74) is 3.68. The minimum atomic E-state index is -0.757. The summed E-state index contributed by atoms with van der Waals surface area (Å²) in [5, 5.41) is 0. The van der Waals surface area contributed by atoms with Crippen LogP contribution in [0.3, 0.4) is 0 Å². The van der Waals surface area contributed by atoms with Gasteiger partial charge in [-0.05, 0) is 151 Å². The molecule has 0 amide bonds. The molecule has 340 valence electrons. The molecule has 1 saturated heterocycles. The van der Waals surface area contributed by atoms with E-state index in [9.17, 15) is 19.2 Å². The van der Waals surface area contributed by atoms with Gasteiger partial charge in [-0.25, -0.2) is 29.1 Å². The quantitative estimate of drug-likeness (QED) is 0.100. The lowest BCUT2D eigenvalue weighted by atomic mass is 9.77. The Labute approximate surface area is 384 Å². The van der Waals surface area contributed by atoms with Gasteiger partial charge in [0.25, 0.3) is 0 Å². The third-order valence-corrected chi connectivity index (χ3v) is 12.1. The van der Waals surface area contributed by atoms with Crippen molar-refractivity contribution in [1.82, 2.24) is 9.97 Å². The standard InChI is InChI=1S/C27H35BN2O6.C21H23BrN2O4/c1-25(2,3)34-24(32)22-20(28-35-26(4,5)27(6,7)36-28)12-13-21(29-22)30-15-14-17-10-9-11-18(19(17)16-30)23(31)33-8;1-21(2,3)28-20(26)18-16(22)8-9-17(23-18)24-11-10-13-6-5-7-14(15(13)12-24)19(25)27-4/h9-13H,14-16H2,1-8H3;5-9H,10-12H2,1-4H3. The van der Waals surface area contributed by atoms with Crippen LogP contribution in [0.1, 0.15) is 133 Å². The van der Waals surface area contributed by atoms with Crippen LogP contribution < -0.4 is 15.3 Å². The van der Waals surface area contributed by atoms with Crippen LogP contribution >= 0.6 is 15.9 Å². The molecule has 3 aliphatic rings. The molecular weight excluding hydrogens is 883 g/mol. The number of fused-ring (bicyclic) bond motifs is 2. The molecule has 0 N–H and O–H groups in total. The Kier molecular flexibility index (Phi) is 14.0. The number of nitrogens with zero attached hydrogens (tertiary/aromatic N) is 4. The smallest absolute Gasteiger partial charge is 0.465 e. The molecule has 0 aliphatic carbocycles. The highest BCUT2D eigenvalue weighted by Crippen LogP contribution is 2.37. The number of pyridine rings is 2. The van der Waals surface area contributed by atoms with Crippen molar-refractivity contribution < 1.29 is 47.4 Å². The van der Waals surface area contributed by atoms with Crippen molar-refractivity contribution in [3.8, 4) is 0 Å². The normalized spacial score (nSPS) is 16.4. The summed E-state index contributed by atoms with van der Waals surface area (Å²) < 4.78 is 34.1. The second-order valence-corrected chi connectivity index (χ2v) is 19.8. The van der Waals surface area contributed by atoms with E-state index in [1.165, 1.54) is 14.2 Å². The Bertz CT molecular complexity index is 2430. The number of hydrogen-bond acceptors (Lipinski definition) is 14. The van der Waals surface area contributed by atoms with Crippen molar-refractivity contribution in [2.75, 3.05) is 37.1 Å². The minimum Gasteiger partial charge on any atom is -0.465 e. The predicted octanol–water partition coefficient (Wildman–Crippen LogP) is 7.83. The topological polar surface area (TPSA) is 156 Å². The molecule has 0 radical (unpaired) electrons. The summed E-state index contributed by atoms with van der Waals surface area (Å²) in [6, 6.07) is 18.7. The highest BCUT2D eigenvalue weighted by Gasteiger charge is 2.53. The van der Waals surface area contributed by atoms with Crippen LogP contribution in [-0.2, 0) is 54.2 Å². The lowest BCUT2D eigenvalue weighted by Gasteiger charge is -2.32. The van der Waals surface area contributed by atoms with E-state index in [0.29, 0.717) is 52.3 Å². The van der Waals surface area contributed by atoms with Crippen LogP contribution in [0.15, 0.2) is 65.1 Å². The van der Waals surface area contributed by atoms with E-state index in [1.54, 1.807) is 18.2 Å². The van der Waals surface area contributed by atoms with Crippen LogP contribution in [0, 0.1) is 0 Å². The van der Waals surface area contributed by atoms with Gasteiger partial charge in [0, 0.05) is 31.6 Å². The maximum absolute atomic E-state index is 13.3. The lowest BCUT2D eigenvalue weighted by molar-refractivity contribution is 0.00506. The van der Waals surface area contributed by atoms with Gasteiger partial charge in [-0.15, -0.1) is 0 Å². The first kappa shape index (κ1) is 48.1. The summed E-state index contributed by atoms with van der Waals surface area (Å²) in [4.78, 5) is 63.7. The molecule has 1 fully saturated rings. The van der Waals surface area contributed by atoms with Gasteiger partial charge in [-0.1, -0.05) is 30.3 Å². The minimum absolute atomic E-state index is 0.160. The number of hydrogen-bond donors (Lipinski definition) is 0. The summed E-state index contributed by atoms with van der Waals surface area (Å²) in [7, 11) is 2.00. The molecule has 64 heavy (non-hydrogen) atoms. The maximum Gasteiger partial charge on any atom is 0.497 e. The van der Waals surface area contributed by atoms with E-state index >= 15 is 0 Å². The second-order valence-electron chi connectivity index (χ2n) is 18.9. The SMILES string of the molecule is COC(=O)c1cccc2c1CN(c1ccc(B3OC(C)(C)C(C)(C)O3)c(C(=O)OC(C)(C)C)n1)CC2.COC(=O)c1cccc2c1CN(c1ccc(Br)c(C(=O)OC(C)(C)C)n1)CC2. The van der Waals surface area contributed by atoms with E-state index in [-0.39, 0.29) is 23.3 Å². The average molecular weight is 942 g/mol. The Morgan fingerprint density at radius 1 is 0.625 bits per heavy atom. The van der Waals surface area contributed by atoms with Crippen molar-refractivity contribution in [3.05, 3.63) is 110 Å². The third kappa shape index (κ3) is 10.8. The zero-order valence-electron chi connectivity index (χ0n) is 38.8. The van der Waals surface area contributed by atoms with E-state index in [2.05, 4.69) is 30.7 Å². The van der Waals surface area contributed by atoms with Crippen LogP contribution in [0.5, 0.6) is 0 Å². The number of carbonyl (C=O) groups is 4. The Morgan fingerprint density at radius 3 is 1.48 bits per heavy atom. The van der Waals surface area contributed by atoms with Gasteiger partial charge in [-0.3, -0.25) is 0 Å². The van der Waals surface area contributed by atoms with Crippen LogP contribution in [0.4, 0.5) is 11.6 Å². The fourth-order valence-corrected chi connectivity index (χ4v) is 7.90. The van der Waals surface area contributed by atoms with Gasteiger partial charge < -0.3 is 38.1 Å². The highest BCUT2D eigenvalue weighted by atomic mass is 79.9. The molecule has 5 heterocycles. The number of esters is 4. The van der Waals surface area contributed by atoms with E-state index in [1.807, 2.05) is 112 Å². The molecule has 0 unspecified atom stereocenters. The molecule has 4 aromatic rings. The van der Waals surface area contributed by atoms with Gasteiger partial charge >= 0.3 is 31.0 Å². The number of ether oxygens (including phenoxy) is 4. The van der Waals surface area contributed by atoms with Gasteiger partial charge in [0.1, 0.15) is 22.8 Å². The van der Waals surface area contributed by atoms with Gasteiger partial charge in [-0.2, -0.15) is 0 Å². The number of anilines is 2. The van der Waals surface area contributed by atoms with Crippen molar-refractivity contribution >= 4 is 64.0 Å². The van der Waals surface area contributed by atoms with E-state index < -0.39 is 41.5 Å². The zero-order valence-corrected chi connectivity index (χ0v) is 40.4. The highest BCUT2D eigenvalue weighted by molar-refractivity contribution is 9.10. The molecule has 2 aromatic heterocycles. The van der Waals surface area contributed by atoms with Gasteiger partial charge in [0.2, 0.25) is 0 Å². The van der Waals surface area contributed by atoms with Gasteiger partial charge in [0.15, 0.2) is 11.4 Å². The third-order valence-electron chi connectivity index (χ3n) is 11.4. The monoisotopic (exact) mass is 940 g/mol. The predicted molar refractivity (Wildman–Crippen MR) is 247 cm³/mol. The fourth-order valence-electron chi connectivity index (χ4n) is 7.52. The number of rotatable bonds is 7. The molecule has 7 rings (SSSR count). The van der Waals surface area contributed by atoms with E-state index in [0.717, 1.165) is 41.6 Å². The number of methoxy groups -OCH3 is 2. The number of benzene rings is 2. The van der Waals surface area contributed by atoms with Gasteiger partial charge in [0.05, 0.1) is 41.0 Å². The molecule has 14 nitrogen and oxygen atoms in total. The zero-order chi connectivity index (χ0) is 46.9. The largest absolute Gasteiger partial charge is 0.497 e. The lowest BCUT2D eigenvalue weighted by Crippen LogP contribution is -2.41. The first-order valence-corrected chi connectivity index (χ1v) is 22.1. The molecule has 0 bridgehead atoms. The first-order chi connectivity index (χ1) is 29.9.